The number of hydrogen-bond donors (Lipinski definition) is 1. The Balaban J connectivity index is 2.41. The summed E-state index contributed by atoms with van der Waals surface area (Å²) in [7, 11) is 1.56. The van der Waals surface area contributed by atoms with E-state index >= 15 is 0 Å². The molecule has 100 valence electrons. The molecule has 0 aromatic heterocycles. The monoisotopic (exact) mass is 261 g/mol. The molecule has 0 radical (unpaired) electrons. The van der Waals surface area contributed by atoms with Gasteiger partial charge in [-0.2, -0.15) is 0 Å². The van der Waals surface area contributed by atoms with E-state index in [4.69, 9.17) is 15.2 Å². The molecule has 3 nitrogen and oxygen atoms in total. The van der Waals surface area contributed by atoms with Crippen LogP contribution in [-0.4, -0.2) is 7.11 Å². The molecule has 4 heteroatoms. The first-order valence-electron chi connectivity index (χ1n) is 5.98. The minimum atomic E-state index is -0.453. The number of methoxy groups -OCH3 is 1. The molecular weight excluding hydrogens is 245 g/mol. The molecule has 0 saturated heterocycles. The van der Waals surface area contributed by atoms with Gasteiger partial charge in [0.05, 0.1) is 7.11 Å². The molecule has 0 amide bonds. The Morgan fingerprint density at radius 2 is 1.63 bits per heavy atom. The summed E-state index contributed by atoms with van der Waals surface area (Å²) in [6, 6.07) is 11.4. The average molecular weight is 261 g/mol. The molecule has 1 atom stereocenters. The van der Waals surface area contributed by atoms with Gasteiger partial charge in [-0.05, 0) is 31.2 Å². The lowest BCUT2D eigenvalue weighted by molar-refractivity contribution is 0.375. The molecule has 1 unspecified atom stereocenters. The van der Waals surface area contributed by atoms with E-state index in [1.165, 1.54) is 6.07 Å². The summed E-state index contributed by atoms with van der Waals surface area (Å²) in [6.07, 6.45) is 0. The molecule has 19 heavy (non-hydrogen) atoms. The second kappa shape index (κ2) is 5.71. The molecule has 2 aromatic carbocycles. The number of nitrogens with two attached hydrogens (primary N) is 1. The maximum Gasteiger partial charge on any atom is 0.169 e. The van der Waals surface area contributed by atoms with Crippen molar-refractivity contribution < 1.29 is 13.9 Å². The third kappa shape index (κ3) is 2.85. The summed E-state index contributed by atoms with van der Waals surface area (Å²) >= 11 is 0. The first-order chi connectivity index (χ1) is 9.13. The maximum absolute atomic E-state index is 13.8. The van der Waals surface area contributed by atoms with Crippen molar-refractivity contribution in [3.05, 3.63) is 53.8 Å². The van der Waals surface area contributed by atoms with Crippen LogP contribution in [0.3, 0.4) is 0 Å². The number of para-hydroxylation sites is 2. The lowest BCUT2D eigenvalue weighted by Crippen LogP contribution is -2.09. The minimum absolute atomic E-state index is 0.355. The fraction of sp³-hybridized carbons (Fsp3) is 0.200. The van der Waals surface area contributed by atoms with E-state index in [2.05, 4.69) is 0 Å². The molecule has 0 aliphatic carbocycles. The summed E-state index contributed by atoms with van der Waals surface area (Å²) in [5, 5.41) is 0. The molecule has 0 aliphatic rings. The van der Waals surface area contributed by atoms with Crippen molar-refractivity contribution in [2.45, 2.75) is 13.0 Å². The summed E-state index contributed by atoms with van der Waals surface area (Å²) in [6.45, 7) is 1.72. The molecular formula is C15H16FNO2. The van der Waals surface area contributed by atoms with E-state index in [1.54, 1.807) is 38.3 Å². The number of benzene rings is 2. The Morgan fingerprint density at radius 3 is 2.26 bits per heavy atom. The van der Waals surface area contributed by atoms with Gasteiger partial charge in [0.1, 0.15) is 11.6 Å². The first-order valence-corrected chi connectivity index (χ1v) is 5.98. The molecule has 2 rings (SSSR count). The van der Waals surface area contributed by atoms with Crippen LogP contribution in [0, 0.1) is 5.82 Å². The summed E-state index contributed by atoms with van der Waals surface area (Å²) in [5.74, 6) is 1.14. The zero-order chi connectivity index (χ0) is 13.8. The Morgan fingerprint density at radius 1 is 1.00 bits per heavy atom. The first kappa shape index (κ1) is 13.4. The summed E-state index contributed by atoms with van der Waals surface area (Å²) in [4.78, 5) is 0. The van der Waals surface area contributed by atoms with Crippen LogP contribution in [0.1, 0.15) is 18.5 Å². The number of ether oxygens (including phenoxy) is 2. The second-order valence-electron chi connectivity index (χ2n) is 4.19. The van der Waals surface area contributed by atoms with Crippen molar-refractivity contribution in [1.29, 1.82) is 0 Å². The van der Waals surface area contributed by atoms with Crippen molar-refractivity contribution in [1.82, 2.24) is 0 Å². The lowest BCUT2D eigenvalue weighted by Gasteiger charge is -2.15. The van der Waals surface area contributed by atoms with Crippen molar-refractivity contribution in [3.8, 4) is 17.2 Å². The highest BCUT2D eigenvalue weighted by Gasteiger charge is 2.15. The van der Waals surface area contributed by atoms with Crippen LogP contribution < -0.4 is 15.2 Å². The van der Waals surface area contributed by atoms with Gasteiger partial charge in [0, 0.05) is 11.6 Å². The normalized spacial score (nSPS) is 12.0. The molecule has 0 aliphatic heterocycles. The van der Waals surface area contributed by atoms with Gasteiger partial charge < -0.3 is 15.2 Å². The smallest absolute Gasteiger partial charge is 0.169 e. The SMILES string of the molecule is COc1ccccc1Oc1cccc(F)c1C(C)N. The topological polar surface area (TPSA) is 44.5 Å². The lowest BCUT2D eigenvalue weighted by atomic mass is 10.1. The Hall–Kier alpha value is -2.07. The Bertz CT molecular complexity index is 570. The van der Waals surface area contributed by atoms with Crippen molar-refractivity contribution in [2.75, 3.05) is 7.11 Å². The van der Waals surface area contributed by atoms with E-state index in [-0.39, 0.29) is 5.82 Å². The standard InChI is InChI=1S/C15H16FNO2/c1-10(17)15-11(16)6-5-9-14(15)19-13-8-4-3-7-12(13)18-2/h3-10H,17H2,1-2H3. The van der Waals surface area contributed by atoms with E-state index in [9.17, 15) is 4.39 Å². The van der Waals surface area contributed by atoms with Crippen LogP contribution in [0.4, 0.5) is 4.39 Å². The summed E-state index contributed by atoms with van der Waals surface area (Å²) in [5.41, 5.74) is 6.14. The van der Waals surface area contributed by atoms with Crippen LogP contribution in [0.25, 0.3) is 0 Å². The van der Waals surface area contributed by atoms with Gasteiger partial charge in [-0.1, -0.05) is 18.2 Å². The van der Waals surface area contributed by atoms with Gasteiger partial charge in [-0.25, -0.2) is 4.39 Å². The second-order valence-corrected chi connectivity index (χ2v) is 4.19. The Kier molecular flexibility index (Phi) is 4.02. The van der Waals surface area contributed by atoms with Crippen LogP contribution in [0.15, 0.2) is 42.5 Å². The van der Waals surface area contributed by atoms with E-state index in [0.29, 0.717) is 22.8 Å². The highest BCUT2D eigenvalue weighted by molar-refractivity contribution is 5.45. The highest BCUT2D eigenvalue weighted by Crippen LogP contribution is 2.35. The fourth-order valence-electron chi connectivity index (χ4n) is 1.87. The molecule has 0 bridgehead atoms. The fourth-order valence-corrected chi connectivity index (χ4v) is 1.87. The van der Waals surface area contributed by atoms with Gasteiger partial charge in [-0.3, -0.25) is 0 Å². The van der Waals surface area contributed by atoms with Crippen LogP contribution in [0.5, 0.6) is 17.2 Å². The predicted octanol–water partition coefficient (Wildman–Crippen LogP) is 3.65. The minimum Gasteiger partial charge on any atom is -0.493 e. The highest BCUT2D eigenvalue weighted by atomic mass is 19.1. The average Bonchev–Trinajstić information content (AvgIpc) is 2.39. The number of halogens is 1. The number of rotatable bonds is 4. The van der Waals surface area contributed by atoms with Crippen molar-refractivity contribution >= 4 is 0 Å². The van der Waals surface area contributed by atoms with Gasteiger partial charge in [0.25, 0.3) is 0 Å². The summed E-state index contributed by atoms with van der Waals surface area (Å²) < 4.78 is 24.7. The largest absolute Gasteiger partial charge is 0.493 e. The van der Waals surface area contributed by atoms with E-state index < -0.39 is 6.04 Å². The molecule has 0 saturated carbocycles. The quantitative estimate of drug-likeness (QED) is 0.913. The van der Waals surface area contributed by atoms with Gasteiger partial charge in [0.15, 0.2) is 11.5 Å². The molecule has 0 spiro atoms. The molecule has 2 N–H and O–H groups in total. The van der Waals surface area contributed by atoms with E-state index in [1.807, 2.05) is 12.1 Å². The number of hydrogen-bond acceptors (Lipinski definition) is 3. The van der Waals surface area contributed by atoms with Gasteiger partial charge >= 0.3 is 0 Å². The molecule has 2 aromatic rings. The van der Waals surface area contributed by atoms with Gasteiger partial charge in [-0.15, -0.1) is 0 Å². The van der Waals surface area contributed by atoms with Crippen LogP contribution >= 0.6 is 0 Å². The van der Waals surface area contributed by atoms with Crippen molar-refractivity contribution in [2.24, 2.45) is 5.73 Å². The molecule has 0 fully saturated rings. The van der Waals surface area contributed by atoms with Crippen LogP contribution in [0.2, 0.25) is 0 Å². The molecule has 0 heterocycles. The maximum atomic E-state index is 13.8. The third-order valence-corrected chi connectivity index (χ3v) is 2.76. The third-order valence-electron chi connectivity index (χ3n) is 2.76. The zero-order valence-corrected chi connectivity index (χ0v) is 10.9. The van der Waals surface area contributed by atoms with Crippen LogP contribution in [-0.2, 0) is 0 Å². The van der Waals surface area contributed by atoms with Gasteiger partial charge in [0.2, 0.25) is 0 Å². The predicted molar refractivity (Wildman–Crippen MR) is 72.1 cm³/mol. The zero-order valence-electron chi connectivity index (χ0n) is 10.9. The van der Waals surface area contributed by atoms with Crippen molar-refractivity contribution in [3.63, 3.8) is 0 Å². The Labute approximate surface area is 111 Å². The van der Waals surface area contributed by atoms with E-state index in [0.717, 1.165) is 0 Å².